The lowest BCUT2D eigenvalue weighted by molar-refractivity contribution is 0.00578. The molecule has 0 radical (unpaired) electrons. The first-order valence-electron chi connectivity index (χ1n) is 9.57. The zero-order chi connectivity index (χ0) is 16.9. The van der Waals surface area contributed by atoms with E-state index in [2.05, 4.69) is 51.2 Å². The SMILES string of the molecule is CC1(C)OB(c2cc(C3CCNCC3)ccc2C2CC2)OC1(C)C. The molecule has 1 aromatic carbocycles. The first-order chi connectivity index (χ1) is 11.4. The minimum Gasteiger partial charge on any atom is -0.399 e. The quantitative estimate of drug-likeness (QED) is 0.864. The van der Waals surface area contributed by atoms with Crippen molar-refractivity contribution in [1.82, 2.24) is 5.32 Å². The average Bonchev–Trinajstić information content (AvgIpc) is 3.35. The van der Waals surface area contributed by atoms with Crippen LogP contribution in [-0.2, 0) is 9.31 Å². The van der Waals surface area contributed by atoms with Crippen LogP contribution in [0.25, 0.3) is 0 Å². The molecule has 3 fully saturated rings. The highest BCUT2D eigenvalue weighted by atomic mass is 16.7. The number of rotatable bonds is 3. The molecule has 2 aliphatic heterocycles. The maximum absolute atomic E-state index is 6.38. The molecule has 0 bridgehead atoms. The predicted octanol–water partition coefficient (Wildman–Crippen LogP) is 3.33. The minimum atomic E-state index is -0.275. The van der Waals surface area contributed by atoms with Gasteiger partial charge in [-0.2, -0.15) is 0 Å². The normalized spacial score (nSPS) is 26.8. The Balaban J connectivity index is 1.67. The molecular weight excluding hydrogens is 297 g/mol. The number of piperidine rings is 1. The van der Waals surface area contributed by atoms with Crippen LogP contribution in [0, 0.1) is 0 Å². The van der Waals surface area contributed by atoms with Gasteiger partial charge >= 0.3 is 7.12 Å². The summed E-state index contributed by atoms with van der Waals surface area (Å²) in [7, 11) is -0.229. The van der Waals surface area contributed by atoms with E-state index in [4.69, 9.17) is 9.31 Å². The molecule has 1 aromatic rings. The fourth-order valence-corrected chi connectivity index (χ4v) is 3.94. The fourth-order valence-electron chi connectivity index (χ4n) is 3.94. The molecule has 0 amide bonds. The molecule has 4 rings (SSSR count). The van der Waals surface area contributed by atoms with Gasteiger partial charge in [0.15, 0.2) is 0 Å². The van der Waals surface area contributed by atoms with E-state index in [9.17, 15) is 0 Å². The highest BCUT2D eigenvalue weighted by Gasteiger charge is 2.52. The van der Waals surface area contributed by atoms with Crippen LogP contribution >= 0.6 is 0 Å². The van der Waals surface area contributed by atoms with E-state index in [1.807, 2.05) is 0 Å². The molecular formula is C20H30BNO2. The molecule has 3 nitrogen and oxygen atoms in total. The van der Waals surface area contributed by atoms with Crippen LogP contribution in [0.2, 0.25) is 0 Å². The lowest BCUT2D eigenvalue weighted by Crippen LogP contribution is -2.41. The van der Waals surface area contributed by atoms with Gasteiger partial charge in [0, 0.05) is 0 Å². The lowest BCUT2D eigenvalue weighted by Gasteiger charge is -2.32. The van der Waals surface area contributed by atoms with Crippen LogP contribution in [0.3, 0.4) is 0 Å². The molecule has 2 saturated heterocycles. The monoisotopic (exact) mass is 327 g/mol. The van der Waals surface area contributed by atoms with E-state index in [1.165, 1.54) is 42.3 Å². The molecule has 0 aromatic heterocycles. The van der Waals surface area contributed by atoms with Gasteiger partial charge in [-0.1, -0.05) is 18.2 Å². The number of benzene rings is 1. The Hall–Kier alpha value is -0.835. The van der Waals surface area contributed by atoms with E-state index >= 15 is 0 Å². The van der Waals surface area contributed by atoms with E-state index in [-0.39, 0.29) is 18.3 Å². The van der Waals surface area contributed by atoms with Crippen LogP contribution < -0.4 is 10.8 Å². The van der Waals surface area contributed by atoms with E-state index in [0.29, 0.717) is 11.8 Å². The second kappa shape index (κ2) is 5.86. The van der Waals surface area contributed by atoms with Crippen LogP contribution in [0.1, 0.15) is 76.3 Å². The molecule has 0 atom stereocenters. The Morgan fingerprint density at radius 3 is 2.12 bits per heavy atom. The summed E-state index contributed by atoms with van der Waals surface area (Å²) in [4.78, 5) is 0. The molecule has 0 spiro atoms. The molecule has 24 heavy (non-hydrogen) atoms. The first kappa shape index (κ1) is 16.6. The van der Waals surface area contributed by atoms with Crippen LogP contribution in [0.15, 0.2) is 18.2 Å². The molecule has 4 heteroatoms. The van der Waals surface area contributed by atoms with Gasteiger partial charge in [-0.3, -0.25) is 0 Å². The van der Waals surface area contributed by atoms with Crippen molar-refractivity contribution in [3.05, 3.63) is 29.3 Å². The summed E-state index contributed by atoms with van der Waals surface area (Å²) in [5.41, 5.74) is 3.65. The largest absolute Gasteiger partial charge is 0.495 e. The van der Waals surface area contributed by atoms with E-state index < -0.39 is 0 Å². The van der Waals surface area contributed by atoms with Gasteiger partial charge in [-0.05, 0) is 94.9 Å². The summed E-state index contributed by atoms with van der Waals surface area (Å²) in [5, 5.41) is 3.47. The van der Waals surface area contributed by atoms with Gasteiger partial charge < -0.3 is 14.6 Å². The van der Waals surface area contributed by atoms with Crippen molar-refractivity contribution in [3.8, 4) is 0 Å². The van der Waals surface area contributed by atoms with Crippen molar-refractivity contribution in [3.63, 3.8) is 0 Å². The number of nitrogens with one attached hydrogen (secondary N) is 1. The highest BCUT2D eigenvalue weighted by molar-refractivity contribution is 6.62. The standard InChI is InChI=1S/C20H30BNO2/c1-19(2)20(3,4)24-21(23-19)18-13-16(14-9-11-22-12-10-14)7-8-17(18)15-5-6-15/h7-8,13-15,22H,5-6,9-12H2,1-4H3. The maximum atomic E-state index is 6.38. The van der Waals surface area contributed by atoms with Gasteiger partial charge in [-0.15, -0.1) is 0 Å². The topological polar surface area (TPSA) is 30.5 Å². The first-order valence-corrected chi connectivity index (χ1v) is 9.57. The van der Waals surface area contributed by atoms with Gasteiger partial charge in [0.05, 0.1) is 11.2 Å². The Morgan fingerprint density at radius 1 is 0.917 bits per heavy atom. The van der Waals surface area contributed by atoms with Crippen molar-refractivity contribution < 1.29 is 9.31 Å². The van der Waals surface area contributed by atoms with Crippen molar-refractivity contribution >= 4 is 12.6 Å². The Bertz CT molecular complexity index is 602. The van der Waals surface area contributed by atoms with Gasteiger partial charge in [0.25, 0.3) is 0 Å². The Morgan fingerprint density at radius 2 is 1.54 bits per heavy atom. The zero-order valence-corrected chi connectivity index (χ0v) is 15.5. The van der Waals surface area contributed by atoms with Gasteiger partial charge in [-0.25, -0.2) is 0 Å². The number of hydrogen-bond donors (Lipinski definition) is 1. The fraction of sp³-hybridized carbons (Fsp3) is 0.700. The van der Waals surface area contributed by atoms with Gasteiger partial charge in [0.2, 0.25) is 0 Å². The highest BCUT2D eigenvalue weighted by Crippen LogP contribution is 2.42. The summed E-state index contributed by atoms with van der Waals surface area (Å²) in [6, 6.07) is 7.11. The minimum absolute atomic E-state index is 0.229. The predicted molar refractivity (Wildman–Crippen MR) is 99.0 cm³/mol. The van der Waals surface area contributed by atoms with E-state index in [0.717, 1.165) is 13.1 Å². The third kappa shape index (κ3) is 2.93. The van der Waals surface area contributed by atoms with E-state index in [1.54, 1.807) is 0 Å². The third-order valence-electron chi connectivity index (χ3n) is 6.45. The van der Waals surface area contributed by atoms with Crippen molar-refractivity contribution in [2.24, 2.45) is 0 Å². The summed E-state index contributed by atoms with van der Waals surface area (Å²) in [6.45, 7) is 10.8. The molecule has 130 valence electrons. The second-order valence-electron chi connectivity index (χ2n) is 8.78. The molecule has 0 unspecified atom stereocenters. The molecule has 2 heterocycles. The van der Waals surface area contributed by atoms with Gasteiger partial charge in [0.1, 0.15) is 0 Å². The summed E-state index contributed by atoms with van der Waals surface area (Å²) < 4.78 is 12.8. The third-order valence-corrected chi connectivity index (χ3v) is 6.45. The molecule has 1 N–H and O–H groups in total. The summed E-state index contributed by atoms with van der Waals surface area (Å²) in [6.07, 6.45) is 5.07. The second-order valence-corrected chi connectivity index (χ2v) is 8.78. The summed E-state index contributed by atoms with van der Waals surface area (Å²) in [5.74, 6) is 1.38. The van der Waals surface area contributed by atoms with Crippen molar-refractivity contribution in [1.29, 1.82) is 0 Å². The van der Waals surface area contributed by atoms with Crippen LogP contribution in [-0.4, -0.2) is 31.4 Å². The average molecular weight is 327 g/mol. The molecule has 1 saturated carbocycles. The lowest BCUT2D eigenvalue weighted by atomic mass is 9.72. The van der Waals surface area contributed by atoms with Crippen LogP contribution in [0.4, 0.5) is 0 Å². The smallest absolute Gasteiger partial charge is 0.399 e. The van der Waals surface area contributed by atoms with Crippen LogP contribution in [0.5, 0.6) is 0 Å². The Labute approximate surface area is 146 Å². The maximum Gasteiger partial charge on any atom is 0.495 e. The van der Waals surface area contributed by atoms with Crippen molar-refractivity contribution in [2.75, 3.05) is 13.1 Å². The molecule has 3 aliphatic rings. The molecule has 1 aliphatic carbocycles. The summed E-state index contributed by atoms with van der Waals surface area (Å²) >= 11 is 0. The zero-order valence-electron chi connectivity index (χ0n) is 15.5. The van der Waals surface area contributed by atoms with Crippen molar-refractivity contribution in [2.45, 2.75) is 76.4 Å². The Kier molecular flexibility index (Phi) is 4.06. The number of hydrogen-bond acceptors (Lipinski definition) is 3.